The van der Waals surface area contributed by atoms with E-state index in [9.17, 15) is 22.9 Å². The van der Waals surface area contributed by atoms with Gasteiger partial charge in [-0.1, -0.05) is 45.9 Å². The summed E-state index contributed by atoms with van der Waals surface area (Å²) in [5, 5.41) is 29.9. The Morgan fingerprint density at radius 2 is 1.21 bits per heavy atom. The van der Waals surface area contributed by atoms with Crippen LogP contribution in [0.3, 0.4) is 0 Å². The lowest BCUT2D eigenvalue weighted by Crippen LogP contribution is -2.12. The van der Waals surface area contributed by atoms with Crippen LogP contribution in [0, 0.1) is 11.6 Å². The van der Waals surface area contributed by atoms with Crippen molar-refractivity contribution in [3.05, 3.63) is 93.5 Å². The van der Waals surface area contributed by atoms with E-state index >= 15 is 0 Å². The number of hydrogen-bond donors (Lipinski definition) is 5. The number of nitrogens with zero attached hydrogens (tertiary/aromatic N) is 6. The molecule has 52 heavy (non-hydrogen) atoms. The Bertz CT molecular complexity index is 2630. The van der Waals surface area contributed by atoms with Gasteiger partial charge in [-0.25, -0.2) is 23.5 Å². The maximum absolute atomic E-state index is 13.2. The van der Waals surface area contributed by atoms with Crippen LogP contribution in [-0.2, 0) is 4.57 Å². The minimum Gasteiger partial charge on any atom is -0.478 e. The van der Waals surface area contributed by atoms with Gasteiger partial charge in [0, 0.05) is 10.0 Å². The molecule has 0 aliphatic carbocycles. The number of benzene rings is 4. The molecule has 0 saturated heterocycles. The summed E-state index contributed by atoms with van der Waals surface area (Å²) in [6, 6.07) is 14.7. The topological polar surface area (TPSA) is 218 Å². The van der Waals surface area contributed by atoms with Crippen molar-refractivity contribution in [3.8, 4) is 0 Å². The first kappa shape index (κ1) is 39.0. The lowest BCUT2D eigenvalue weighted by Gasteiger charge is -2.02. The zero-order chi connectivity index (χ0) is 37.7. The predicted molar refractivity (Wildman–Crippen MR) is 201 cm³/mol. The smallest absolute Gasteiger partial charge is 0.339 e. The third kappa shape index (κ3) is 10.4. The van der Waals surface area contributed by atoms with E-state index in [1.807, 2.05) is 0 Å². The number of nitrogens with two attached hydrogens (primary N) is 1. The molecule has 8 rings (SSSR count). The van der Waals surface area contributed by atoms with E-state index in [-0.39, 0.29) is 22.8 Å². The highest BCUT2D eigenvalue weighted by Crippen LogP contribution is 2.61. The summed E-state index contributed by atoms with van der Waals surface area (Å²) >= 11 is 28.0. The number of halogens is 7. The van der Waals surface area contributed by atoms with E-state index < -0.39 is 17.1 Å². The van der Waals surface area contributed by atoms with Crippen LogP contribution >= 0.6 is 84.8 Å². The summed E-state index contributed by atoms with van der Waals surface area (Å²) < 4.78 is 36.8. The normalized spacial score (nSPS) is 11.0. The molecule has 1 amide bonds. The van der Waals surface area contributed by atoms with Gasteiger partial charge in [0.15, 0.2) is 10.3 Å². The number of hydrogen-bond acceptors (Lipinski definition) is 12. The molecule has 0 saturated carbocycles. The summed E-state index contributed by atoms with van der Waals surface area (Å²) in [5.41, 5.74) is 8.81. The first-order valence-corrected chi connectivity index (χ1v) is 20.5. The molecule has 4 aromatic carbocycles. The number of H-pyrrole nitrogens is 2. The van der Waals surface area contributed by atoms with E-state index in [4.69, 9.17) is 34.0 Å². The minimum absolute atomic E-state index is 0.0521. The number of carbonyl (C=O) groups excluding carboxylic acids is 1. The standard InChI is InChI=1S/C14H7ClFN5OS.C7H4ClN3O2.C7H5FN2S.Cl3OP/c15-6-3-8(12-10(4-6)19-21-20-12)13(22)18-14-17-9-2-1-7(16)5-11(9)23-14;8-3-1-4(7(12)13)6-5(2-3)9-11-10-6;8-4-1-2-5-6(3-4)11-7(9)10-5;1-5(2,3)4/h1-5H,(H,17,18,22)(H,19,20,21);1-2H,(H,12,13)(H,9,10,11);1-3H,(H2,9,10);. The van der Waals surface area contributed by atoms with Crippen LogP contribution in [0.25, 0.3) is 42.5 Å². The molecule has 0 radical (unpaired) electrons. The number of fused-ring (bicyclic) bond motifs is 4. The number of nitrogen functional groups attached to an aromatic ring is 1. The molecule has 6 N–H and O–H groups in total. The van der Waals surface area contributed by atoms with Gasteiger partial charge in [-0.3, -0.25) is 14.7 Å². The third-order valence-electron chi connectivity index (χ3n) is 6.19. The SMILES string of the molecule is Nc1nc2ccc(F)cc2s1.O=C(Nc1nc2ccc(F)cc2s1)c1cc(Cl)cc2n[nH]nc12.O=C(O)c1cc(Cl)cc2n[nH]nc12.O=P(Cl)(Cl)Cl. The van der Waals surface area contributed by atoms with Gasteiger partial charge in [0.1, 0.15) is 33.7 Å². The minimum atomic E-state index is -3.22. The van der Waals surface area contributed by atoms with Crippen LogP contribution in [-0.4, -0.2) is 57.8 Å². The van der Waals surface area contributed by atoms with Crippen LogP contribution in [0.5, 0.6) is 0 Å². The molecule has 0 bridgehead atoms. The number of carbonyl (C=O) groups is 2. The van der Waals surface area contributed by atoms with Crippen LogP contribution in [0.2, 0.25) is 10.0 Å². The molecular formula is C28H16Cl5F2N10O4PS2. The second kappa shape index (κ2) is 16.6. The van der Waals surface area contributed by atoms with Crippen molar-refractivity contribution in [2.75, 3.05) is 11.1 Å². The monoisotopic (exact) mass is 864 g/mol. The number of amides is 1. The zero-order valence-corrected chi connectivity index (χ0v) is 31.4. The Labute approximate surface area is 320 Å². The highest BCUT2D eigenvalue weighted by molar-refractivity contribution is 8.24. The van der Waals surface area contributed by atoms with Gasteiger partial charge >= 0.3 is 11.2 Å². The Hall–Kier alpha value is -4.26. The van der Waals surface area contributed by atoms with Crippen LogP contribution in [0.1, 0.15) is 20.7 Å². The molecule has 4 aromatic heterocycles. The fourth-order valence-corrected chi connectivity index (χ4v) is 6.27. The first-order chi connectivity index (χ1) is 24.5. The maximum Gasteiger partial charge on any atom is 0.339 e. The van der Waals surface area contributed by atoms with Crippen molar-refractivity contribution in [3.63, 3.8) is 0 Å². The van der Waals surface area contributed by atoms with Gasteiger partial charge in [-0.15, -0.1) is 0 Å². The highest BCUT2D eigenvalue weighted by atomic mass is 36.0. The van der Waals surface area contributed by atoms with Gasteiger partial charge in [-0.2, -0.15) is 30.8 Å². The number of aromatic carboxylic acids is 1. The van der Waals surface area contributed by atoms with Crippen LogP contribution in [0.15, 0.2) is 60.7 Å². The largest absolute Gasteiger partial charge is 0.478 e. The fraction of sp³-hybridized carbons (Fsp3) is 0. The quantitative estimate of drug-likeness (QED) is 0.105. The molecule has 0 unspecified atom stereocenters. The molecule has 0 spiro atoms. The second-order valence-electron chi connectivity index (χ2n) is 9.74. The number of carboxylic acids is 1. The summed E-state index contributed by atoms with van der Waals surface area (Å²) in [6.07, 6.45) is 0. The summed E-state index contributed by atoms with van der Waals surface area (Å²) in [6.45, 7) is 0. The summed E-state index contributed by atoms with van der Waals surface area (Å²) in [4.78, 5) is 31.4. The number of aromatic nitrogens is 8. The van der Waals surface area contributed by atoms with Crippen molar-refractivity contribution in [2.24, 2.45) is 0 Å². The molecule has 0 atom stereocenters. The van der Waals surface area contributed by atoms with E-state index in [0.717, 1.165) is 10.2 Å². The predicted octanol–water partition coefficient (Wildman–Crippen LogP) is 9.75. The summed E-state index contributed by atoms with van der Waals surface area (Å²) in [7, 11) is 0. The van der Waals surface area contributed by atoms with E-state index in [2.05, 4.69) is 79.8 Å². The Balaban J connectivity index is 0.000000152. The number of aromatic amines is 2. The average Bonchev–Trinajstić information content (AvgIpc) is 3.85. The Morgan fingerprint density at radius 3 is 1.75 bits per heavy atom. The Kier molecular flexibility index (Phi) is 12.4. The van der Waals surface area contributed by atoms with Crippen molar-refractivity contribution in [1.82, 2.24) is 40.8 Å². The van der Waals surface area contributed by atoms with Crippen molar-refractivity contribution < 1.29 is 28.0 Å². The molecule has 0 fully saturated rings. The van der Waals surface area contributed by atoms with E-state index in [0.29, 0.717) is 52.6 Å². The molecule has 0 aliphatic rings. The van der Waals surface area contributed by atoms with E-state index in [1.165, 1.54) is 59.1 Å². The van der Waals surface area contributed by atoms with Gasteiger partial charge < -0.3 is 10.8 Å². The maximum atomic E-state index is 13.2. The van der Waals surface area contributed by atoms with Crippen LogP contribution in [0.4, 0.5) is 19.0 Å². The number of carboxylic acid groups (broad SMARTS) is 1. The van der Waals surface area contributed by atoms with Crippen molar-refractivity contribution >= 4 is 149 Å². The Morgan fingerprint density at radius 1 is 0.731 bits per heavy atom. The molecule has 14 nitrogen and oxygen atoms in total. The van der Waals surface area contributed by atoms with Gasteiger partial charge in [0.2, 0.25) is 0 Å². The summed E-state index contributed by atoms with van der Waals surface area (Å²) in [5.74, 6) is -2.08. The van der Waals surface area contributed by atoms with Crippen LogP contribution < -0.4 is 11.1 Å². The van der Waals surface area contributed by atoms with Gasteiger partial charge in [0.05, 0.1) is 31.6 Å². The fourth-order valence-electron chi connectivity index (χ4n) is 4.20. The molecule has 4 heterocycles. The highest BCUT2D eigenvalue weighted by Gasteiger charge is 2.17. The van der Waals surface area contributed by atoms with Crippen molar-refractivity contribution in [2.45, 2.75) is 0 Å². The number of thiazole rings is 2. The number of anilines is 2. The second-order valence-corrected chi connectivity index (χ2v) is 19.3. The molecular weight excluding hydrogens is 851 g/mol. The lowest BCUT2D eigenvalue weighted by atomic mass is 10.1. The molecule has 0 aliphatic heterocycles. The molecule has 268 valence electrons. The van der Waals surface area contributed by atoms with Gasteiger partial charge in [-0.05, 0) is 94.4 Å². The van der Waals surface area contributed by atoms with E-state index in [1.54, 1.807) is 24.3 Å². The average molecular weight is 867 g/mol. The molecule has 24 heteroatoms. The number of rotatable bonds is 3. The molecule has 8 aromatic rings. The zero-order valence-electron chi connectivity index (χ0n) is 25.1. The van der Waals surface area contributed by atoms with Gasteiger partial charge in [0.25, 0.3) is 5.91 Å². The lowest BCUT2D eigenvalue weighted by molar-refractivity contribution is 0.0698. The third-order valence-corrected chi connectivity index (χ3v) is 8.40. The first-order valence-electron chi connectivity index (χ1n) is 13.7. The number of nitrogens with one attached hydrogen (secondary N) is 3. The van der Waals surface area contributed by atoms with Crippen molar-refractivity contribution in [1.29, 1.82) is 0 Å².